The van der Waals surface area contributed by atoms with Gasteiger partial charge in [0.15, 0.2) is 0 Å². The number of hydrogen-bond acceptors (Lipinski definition) is 4. The summed E-state index contributed by atoms with van der Waals surface area (Å²) in [6.07, 6.45) is 0.0760. The van der Waals surface area contributed by atoms with Gasteiger partial charge in [-0.1, -0.05) is 12.1 Å². The summed E-state index contributed by atoms with van der Waals surface area (Å²) in [4.78, 5) is 22.9. The van der Waals surface area contributed by atoms with Crippen LogP contribution in [0.2, 0.25) is 0 Å². The first-order valence-electron chi connectivity index (χ1n) is 7.06. The fraction of sp³-hybridized carbons (Fsp3) is 0.500. The second-order valence-electron chi connectivity index (χ2n) is 5.92. The lowest BCUT2D eigenvalue weighted by Gasteiger charge is -2.22. The van der Waals surface area contributed by atoms with Gasteiger partial charge in [0.1, 0.15) is 17.4 Å². The molecule has 1 aromatic carbocycles. The Morgan fingerprint density at radius 1 is 1.23 bits per heavy atom. The number of nitrogens with one attached hydrogen (secondary N) is 1. The molecule has 1 atom stereocenters. The van der Waals surface area contributed by atoms with E-state index in [0.717, 1.165) is 11.3 Å². The monoisotopic (exact) mass is 309 g/mol. The predicted molar refractivity (Wildman–Crippen MR) is 82.1 cm³/mol. The fourth-order valence-corrected chi connectivity index (χ4v) is 1.81. The summed E-state index contributed by atoms with van der Waals surface area (Å²) >= 11 is 0. The summed E-state index contributed by atoms with van der Waals surface area (Å²) in [5, 5.41) is 11.6. The van der Waals surface area contributed by atoms with Gasteiger partial charge < -0.3 is 19.9 Å². The van der Waals surface area contributed by atoms with Gasteiger partial charge in [-0.2, -0.15) is 0 Å². The van der Waals surface area contributed by atoms with Crippen molar-refractivity contribution in [2.75, 3.05) is 7.11 Å². The number of carboxylic acids is 1. The summed E-state index contributed by atoms with van der Waals surface area (Å²) in [6.45, 7) is 5.17. The molecule has 2 N–H and O–H groups in total. The molecule has 0 aliphatic carbocycles. The number of hydrogen-bond donors (Lipinski definition) is 2. The molecule has 6 nitrogen and oxygen atoms in total. The zero-order valence-electron chi connectivity index (χ0n) is 13.4. The number of ether oxygens (including phenoxy) is 2. The van der Waals surface area contributed by atoms with Crippen molar-refractivity contribution in [3.63, 3.8) is 0 Å². The highest BCUT2D eigenvalue weighted by atomic mass is 16.6. The standard InChI is InChI=1S/C16H23NO5/c1-16(2,3)22-15(20)17-13(14(18)19)10-7-11-5-8-12(21-4)9-6-11/h5-6,8-9,13H,7,10H2,1-4H3,(H,17,20)(H,18,19)/t13-/m1/s1. The third kappa shape index (κ3) is 6.47. The van der Waals surface area contributed by atoms with Gasteiger partial charge in [0.25, 0.3) is 0 Å². The Morgan fingerprint density at radius 3 is 2.27 bits per heavy atom. The molecular weight excluding hydrogens is 286 g/mol. The number of methoxy groups -OCH3 is 1. The number of carbonyl (C=O) groups is 2. The summed E-state index contributed by atoms with van der Waals surface area (Å²) in [7, 11) is 1.58. The predicted octanol–water partition coefficient (Wildman–Crippen LogP) is 2.61. The molecule has 0 radical (unpaired) electrons. The second kappa shape index (κ2) is 7.68. The third-order valence-electron chi connectivity index (χ3n) is 2.87. The SMILES string of the molecule is COc1ccc(CC[C@@H](NC(=O)OC(C)(C)C)C(=O)O)cc1. The topological polar surface area (TPSA) is 84.9 Å². The number of rotatable bonds is 6. The number of aryl methyl sites for hydroxylation is 1. The van der Waals surface area contributed by atoms with E-state index < -0.39 is 23.7 Å². The lowest BCUT2D eigenvalue weighted by molar-refractivity contribution is -0.139. The summed E-state index contributed by atoms with van der Waals surface area (Å²) in [6, 6.07) is 6.37. The van der Waals surface area contributed by atoms with Crippen LogP contribution in [0.5, 0.6) is 5.75 Å². The van der Waals surface area contributed by atoms with E-state index in [9.17, 15) is 14.7 Å². The van der Waals surface area contributed by atoms with Crippen molar-refractivity contribution in [3.05, 3.63) is 29.8 Å². The Labute approximate surface area is 130 Å². The Kier molecular flexibility index (Phi) is 6.22. The highest BCUT2D eigenvalue weighted by Gasteiger charge is 2.23. The minimum atomic E-state index is -1.08. The molecule has 0 spiro atoms. The Morgan fingerprint density at radius 2 is 1.82 bits per heavy atom. The number of amides is 1. The van der Waals surface area contributed by atoms with Crippen LogP contribution in [0.1, 0.15) is 32.8 Å². The second-order valence-corrected chi connectivity index (χ2v) is 5.92. The van der Waals surface area contributed by atoms with Gasteiger partial charge in [0, 0.05) is 0 Å². The average Bonchev–Trinajstić information content (AvgIpc) is 2.41. The van der Waals surface area contributed by atoms with Crippen LogP contribution in [-0.2, 0) is 16.0 Å². The van der Waals surface area contributed by atoms with Gasteiger partial charge in [-0.15, -0.1) is 0 Å². The summed E-state index contributed by atoms with van der Waals surface area (Å²) < 4.78 is 10.1. The van der Waals surface area contributed by atoms with Gasteiger partial charge >= 0.3 is 12.1 Å². The molecule has 122 valence electrons. The molecule has 1 amide bonds. The third-order valence-corrected chi connectivity index (χ3v) is 2.87. The minimum Gasteiger partial charge on any atom is -0.497 e. The van der Waals surface area contributed by atoms with Crippen molar-refractivity contribution in [3.8, 4) is 5.75 Å². The van der Waals surface area contributed by atoms with Crippen LogP contribution < -0.4 is 10.1 Å². The largest absolute Gasteiger partial charge is 0.497 e. The van der Waals surface area contributed by atoms with Crippen molar-refractivity contribution in [1.29, 1.82) is 0 Å². The zero-order valence-corrected chi connectivity index (χ0v) is 13.4. The van der Waals surface area contributed by atoms with Crippen LogP contribution >= 0.6 is 0 Å². The number of alkyl carbamates (subject to hydrolysis) is 1. The van der Waals surface area contributed by atoms with Gasteiger partial charge in [-0.05, 0) is 51.3 Å². The first-order chi connectivity index (χ1) is 10.2. The maximum atomic E-state index is 11.7. The van der Waals surface area contributed by atoms with Crippen LogP contribution in [0.4, 0.5) is 4.79 Å². The van der Waals surface area contributed by atoms with Gasteiger partial charge in [-0.3, -0.25) is 0 Å². The van der Waals surface area contributed by atoms with Crippen molar-refractivity contribution in [1.82, 2.24) is 5.32 Å². The molecule has 1 aromatic rings. The molecule has 0 aromatic heterocycles. The molecule has 0 aliphatic heterocycles. The van der Waals surface area contributed by atoms with Crippen LogP contribution in [0, 0.1) is 0 Å². The molecule has 0 saturated carbocycles. The molecule has 0 bridgehead atoms. The van der Waals surface area contributed by atoms with E-state index >= 15 is 0 Å². The van der Waals surface area contributed by atoms with Crippen LogP contribution in [0.15, 0.2) is 24.3 Å². The van der Waals surface area contributed by atoms with Crippen LogP contribution in [0.25, 0.3) is 0 Å². The fourth-order valence-electron chi connectivity index (χ4n) is 1.81. The quantitative estimate of drug-likeness (QED) is 0.843. The van der Waals surface area contributed by atoms with E-state index in [1.165, 1.54) is 0 Å². The number of aliphatic carboxylic acids is 1. The molecule has 22 heavy (non-hydrogen) atoms. The van der Waals surface area contributed by atoms with Crippen molar-refractivity contribution < 1.29 is 24.2 Å². The molecule has 0 heterocycles. The molecule has 0 unspecified atom stereocenters. The van der Waals surface area contributed by atoms with Gasteiger partial charge in [0.05, 0.1) is 7.11 Å². The number of carbonyl (C=O) groups excluding carboxylic acids is 1. The molecule has 0 aliphatic rings. The van der Waals surface area contributed by atoms with E-state index in [1.54, 1.807) is 27.9 Å². The molecular formula is C16H23NO5. The number of carboxylic acid groups (broad SMARTS) is 1. The van der Waals surface area contributed by atoms with E-state index in [2.05, 4.69) is 5.32 Å². The molecule has 6 heteroatoms. The first kappa shape index (κ1) is 17.8. The normalized spacial score (nSPS) is 12.4. The van der Waals surface area contributed by atoms with Gasteiger partial charge in [-0.25, -0.2) is 9.59 Å². The minimum absolute atomic E-state index is 0.279. The number of benzene rings is 1. The van der Waals surface area contributed by atoms with Crippen molar-refractivity contribution >= 4 is 12.1 Å². The lowest BCUT2D eigenvalue weighted by Crippen LogP contribution is -2.43. The highest BCUT2D eigenvalue weighted by molar-refractivity contribution is 5.80. The molecule has 0 saturated heterocycles. The van der Waals surface area contributed by atoms with E-state index in [0.29, 0.717) is 6.42 Å². The van der Waals surface area contributed by atoms with Crippen molar-refractivity contribution in [2.24, 2.45) is 0 Å². The van der Waals surface area contributed by atoms with Crippen LogP contribution in [-0.4, -0.2) is 35.9 Å². The molecule has 1 rings (SSSR count). The lowest BCUT2D eigenvalue weighted by atomic mass is 10.1. The summed E-state index contributed by atoms with van der Waals surface area (Å²) in [5.41, 5.74) is 0.307. The maximum Gasteiger partial charge on any atom is 0.408 e. The Balaban J connectivity index is 2.57. The average molecular weight is 309 g/mol. The Bertz CT molecular complexity index is 504. The van der Waals surface area contributed by atoms with Gasteiger partial charge in [0.2, 0.25) is 0 Å². The maximum absolute atomic E-state index is 11.7. The van der Waals surface area contributed by atoms with E-state index in [4.69, 9.17) is 9.47 Å². The first-order valence-corrected chi connectivity index (χ1v) is 7.06. The summed E-state index contributed by atoms with van der Waals surface area (Å²) in [5.74, 6) is -0.343. The van der Waals surface area contributed by atoms with E-state index in [-0.39, 0.29) is 6.42 Å². The Hall–Kier alpha value is -2.24. The zero-order chi connectivity index (χ0) is 16.8. The van der Waals surface area contributed by atoms with Crippen LogP contribution in [0.3, 0.4) is 0 Å². The van der Waals surface area contributed by atoms with E-state index in [1.807, 2.05) is 24.3 Å². The highest BCUT2D eigenvalue weighted by Crippen LogP contribution is 2.14. The molecule has 0 fully saturated rings. The smallest absolute Gasteiger partial charge is 0.408 e. The van der Waals surface area contributed by atoms with Crippen molar-refractivity contribution in [2.45, 2.75) is 45.3 Å².